The molecule has 0 aromatic heterocycles. The highest BCUT2D eigenvalue weighted by Crippen LogP contribution is 1.83. The van der Waals surface area contributed by atoms with Crippen LogP contribution in [-0.4, -0.2) is 61.4 Å². The average Bonchev–Trinajstić information content (AvgIpc) is 2.32. The molecule has 6 heteroatoms. The van der Waals surface area contributed by atoms with Crippen LogP contribution in [0.25, 0.3) is 0 Å². The van der Waals surface area contributed by atoms with Crippen LogP contribution in [0.15, 0.2) is 0 Å². The van der Waals surface area contributed by atoms with Gasteiger partial charge in [0.2, 0.25) is 0 Å². The molecular weight excluding hydrogens is 216 g/mol. The molecule has 0 saturated carbocycles. The van der Waals surface area contributed by atoms with Gasteiger partial charge in [0.1, 0.15) is 19.7 Å². The minimum atomic E-state index is -0.791. The van der Waals surface area contributed by atoms with E-state index >= 15 is 0 Å². The molecule has 0 aliphatic rings. The maximum Gasteiger partial charge on any atom is 0.146 e. The summed E-state index contributed by atoms with van der Waals surface area (Å²) in [5.74, 6) is 0. The fraction of sp³-hybridized carbons (Fsp3) is 1.00. The largest absolute Gasteiger partial charge is 0.394 e. The van der Waals surface area contributed by atoms with Crippen LogP contribution in [-0.2, 0) is 14.2 Å². The van der Waals surface area contributed by atoms with Crippen LogP contribution in [0.3, 0.4) is 0 Å². The van der Waals surface area contributed by atoms with Gasteiger partial charge in [0.25, 0.3) is 0 Å². The molecule has 0 spiro atoms. The molecular formula is C10H24O6. The maximum atomic E-state index is 8.73. The molecule has 0 aromatic carbocycles. The number of aliphatic hydroxyl groups is 3. The Bertz CT molecular complexity index is 107. The zero-order chi connectivity index (χ0) is 12.6. The molecule has 0 rings (SSSR count). The summed E-state index contributed by atoms with van der Waals surface area (Å²) in [6.07, 6.45) is 0.182. The van der Waals surface area contributed by atoms with Crippen LogP contribution < -0.4 is 0 Å². The minimum absolute atomic E-state index is 0.122. The van der Waals surface area contributed by atoms with Gasteiger partial charge < -0.3 is 29.5 Å². The molecule has 0 heterocycles. The average molecular weight is 240 g/mol. The van der Waals surface area contributed by atoms with Crippen molar-refractivity contribution in [2.45, 2.75) is 26.4 Å². The summed E-state index contributed by atoms with van der Waals surface area (Å²) >= 11 is 0. The SMILES string of the molecule is CCCOCO.CCOCOCC(O)CO. The van der Waals surface area contributed by atoms with E-state index in [9.17, 15) is 0 Å². The summed E-state index contributed by atoms with van der Waals surface area (Å²) < 4.78 is 14.1. The minimum Gasteiger partial charge on any atom is -0.394 e. The van der Waals surface area contributed by atoms with Crippen molar-refractivity contribution in [1.82, 2.24) is 0 Å². The molecule has 1 unspecified atom stereocenters. The van der Waals surface area contributed by atoms with Gasteiger partial charge in [0.05, 0.1) is 13.2 Å². The Morgan fingerprint density at radius 3 is 2.12 bits per heavy atom. The van der Waals surface area contributed by atoms with Crippen LogP contribution in [0.1, 0.15) is 20.3 Å². The van der Waals surface area contributed by atoms with Crippen molar-refractivity contribution >= 4 is 0 Å². The highest BCUT2D eigenvalue weighted by atomic mass is 16.7. The summed E-state index contributed by atoms with van der Waals surface area (Å²) in [7, 11) is 0. The molecule has 0 aromatic rings. The van der Waals surface area contributed by atoms with Crippen molar-refractivity contribution in [3.05, 3.63) is 0 Å². The van der Waals surface area contributed by atoms with E-state index in [1.165, 1.54) is 0 Å². The number of hydrogen-bond acceptors (Lipinski definition) is 6. The molecule has 6 nitrogen and oxygen atoms in total. The standard InChI is InChI=1S/C6H14O4.C4H10O2/c1-2-9-5-10-4-6(8)3-7;1-2-3-6-4-5/h6-8H,2-5H2,1H3;5H,2-4H2,1H3. The lowest BCUT2D eigenvalue weighted by molar-refractivity contribution is -0.0827. The Hall–Kier alpha value is -0.240. The third kappa shape index (κ3) is 19.4. The van der Waals surface area contributed by atoms with Crippen LogP contribution in [0, 0.1) is 0 Å². The number of hydrogen-bond donors (Lipinski definition) is 3. The van der Waals surface area contributed by atoms with E-state index in [-0.39, 0.29) is 26.8 Å². The molecule has 16 heavy (non-hydrogen) atoms. The van der Waals surface area contributed by atoms with E-state index in [0.29, 0.717) is 13.2 Å². The van der Waals surface area contributed by atoms with Crippen LogP contribution in [0.4, 0.5) is 0 Å². The van der Waals surface area contributed by atoms with Crippen molar-refractivity contribution in [2.75, 3.05) is 40.0 Å². The summed E-state index contributed by atoms with van der Waals surface area (Å²) in [5, 5.41) is 25.0. The van der Waals surface area contributed by atoms with Crippen LogP contribution >= 0.6 is 0 Å². The predicted octanol–water partition coefficient (Wildman–Crippen LogP) is -0.287. The Morgan fingerprint density at radius 2 is 1.75 bits per heavy atom. The Morgan fingerprint density at radius 1 is 1.06 bits per heavy atom. The number of rotatable bonds is 9. The molecule has 0 aliphatic carbocycles. The third-order valence-electron chi connectivity index (χ3n) is 1.33. The lowest BCUT2D eigenvalue weighted by atomic mass is 10.4. The molecule has 0 aliphatic heterocycles. The maximum absolute atomic E-state index is 8.73. The van der Waals surface area contributed by atoms with Gasteiger partial charge in [0, 0.05) is 13.2 Å². The zero-order valence-electron chi connectivity index (χ0n) is 10.1. The van der Waals surface area contributed by atoms with Gasteiger partial charge in [-0.05, 0) is 13.3 Å². The van der Waals surface area contributed by atoms with Crippen molar-refractivity contribution < 1.29 is 29.5 Å². The van der Waals surface area contributed by atoms with Gasteiger partial charge in [-0.2, -0.15) is 0 Å². The number of aliphatic hydroxyl groups excluding tert-OH is 3. The fourth-order valence-electron chi connectivity index (χ4n) is 0.588. The van der Waals surface area contributed by atoms with Gasteiger partial charge in [-0.1, -0.05) is 6.92 Å². The molecule has 0 radical (unpaired) electrons. The van der Waals surface area contributed by atoms with Crippen LogP contribution in [0.2, 0.25) is 0 Å². The lowest BCUT2D eigenvalue weighted by Gasteiger charge is -2.07. The first kappa shape index (κ1) is 18.1. The summed E-state index contributed by atoms with van der Waals surface area (Å²) in [4.78, 5) is 0. The van der Waals surface area contributed by atoms with Gasteiger partial charge >= 0.3 is 0 Å². The summed E-state index contributed by atoms with van der Waals surface area (Å²) in [5.41, 5.74) is 0. The van der Waals surface area contributed by atoms with Gasteiger partial charge in [-0.3, -0.25) is 0 Å². The fourth-order valence-corrected chi connectivity index (χ4v) is 0.588. The van der Waals surface area contributed by atoms with Gasteiger partial charge in [0.15, 0.2) is 0 Å². The van der Waals surface area contributed by atoms with E-state index in [2.05, 4.69) is 4.74 Å². The van der Waals surface area contributed by atoms with Gasteiger partial charge in [-0.15, -0.1) is 0 Å². The zero-order valence-corrected chi connectivity index (χ0v) is 10.1. The quantitative estimate of drug-likeness (QED) is 0.379. The second-order valence-electron chi connectivity index (χ2n) is 2.86. The molecule has 1 atom stereocenters. The molecule has 0 bridgehead atoms. The van der Waals surface area contributed by atoms with E-state index in [0.717, 1.165) is 6.42 Å². The highest BCUT2D eigenvalue weighted by Gasteiger charge is 1.99. The van der Waals surface area contributed by atoms with Crippen LogP contribution in [0.5, 0.6) is 0 Å². The van der Waals surface area contributed by atoms with E-state index in [4.69, 9.17) is 24.8 Å². The normalized spacial score (nSPS) is 11.8. The van der Waals surface area contributed by atoms with Gasteiger partial charge in [-0.25, -0.2) is 0 Å². The molecule has 0 saturated heterocycles. The van der Waals surface area contributed by atoms with Crippen molar-refractivity contribution in [3.63, 3.8) is 0 Å². The molecule has 100 valence electrons. The smallest absolute Gasteiger partial charge is 0.146 e. The van der Waals surface area contributed by atoms with Crippen molar-refractivity contribution in [3.8, 4) is 0 Å². The van der Waals surface area contributed by atoms with Crippen molar-refractivity contribution in [2.24, 2.45) is 0 Å². The summed E-state index contributed by atoms with van der Waals surface area (Å²) in [6, 6.07) is 0. The number of ether oxygens (including phenoxy) is 3. The molecule has 3 N–H and O–H groups in total. The first-order valence-electron chi connectivity index (χ1n) is 5.35. The van der Waals surface area contributed by atoms with E-state index in [1.54, 1.807) is 0 Å². The first-order chi connectivity index (χ1) is 7.72. The van der Waals surface area contributed by atoms with E-state index in [1.807, 2.05) is 13.8 Å². The molecule has 0 fully saturated rings. The van der Waals surface area contributed by atoms with E-state index < -0.39 is 6.10 Å². The molecule has 0 amide bonds. The third-order valence-corrected chi connectivity index (χ3v) is 1.33. The Balaban J connectivity index is 0. The lowest BCUT2D eigenvalue weighted by Crippen LogP contribution is -2.20. The first-order valence-corrected chi connectivity index (χ1v) is 5.35. The monoisotopic (exact) mass is 240 g/mol. The second kappa shape index (κ2) is 17.2. The summed E-state index contributed by atoms with van der Waals surface area (Å²) in [6.45, 7) is 4.98. The van der Waals surface area contributed by atoms with Crippen molar-refractivity contribution in [1.29, 1.82) is 0 Å². The predicted molar refractivity (Wildman–Crippen MR) is 58.9 cm³/mol. The Kier molecular flexibility index (Phi) is 19.5. The second-order valence-corrected chi connectivity index (χ2v) is 2.86. The topological polar surface area (TPSA) is 88.4 Å². The Labute approximate surface area is 96.8 Å². The highest BCUT2D eigenvalue weighted by molar-refractivity contribution is 4.46.